The molecule has 0 fully saturated rings. The number of unbranched alkanes of at least 4 members (excludes halogenated alkanes) is 2. The number of amides is 1. The molecular formula is C23H33Cl2N3O4. The molecule has 1 N–H and O–H groups in total. The molecule has 1 aromatic carbocycles. The monoisotopic (exact) mass is 485 g/mol. The number of aromatic nitrogens is 2. The molecule has 1 aromatic heterocycles. The van der Waals surface area contributed by atoms with E-state index in [-0.39, 0.29) is 18.7 Å². The lowest BCUT2D eigenvalue weighted by Gasteiger charge is -2.27. The highest BCUT2D eigenvalue weighted by Crippen LogP contribution is 2.29. The molecule has 7 nitrogen and oxygen atoms in total. The van der Waals surface area contributed by atoms with Crippen LogP contribution in [0.5, 0.6) is 0 Å². The minimum Gasteiger partial charge on any atom is -0.481 e. The molecule has 0 radical (unpaired) electrons. The average molecular weight is 486 g/mol. The van der Waals surface area contributed by atoms with Crippen LogP contribution in [-0.4, -0.2) is 58.2 Å². The number of aliphatic carboxylic acids is 1. The zero-order valence-corrected chi connectivity index (χ0v) is 20.6. The fraction of sp³-hybridized carbons (Fsp3) is 0.609. The number of hydrogen-bond donors (Lipinski definition) is 1. The SMILES string of the molecule is CCCCCN(CCCOC)C(=O)C(CCC(=O)O)Cc1nc2cc(Cl)c(Cl)cc2n1C. The average Bonchev–Trinajstić information content (AvgIpc) is 3.04. The summed E-state index contributed by atoms with van der Waals surface area (Å²) in [6, 6.07) is 3.46. The zero-order valence-electron chi connectivity index (χ0n) is 19.1. The maximum Gasteiger partial charge on any atom is 0.303 e. The van der Waals surface area contributed by atoms with E-state index in [2.05, 4.69) is 11.9 Å². The van der Waals surface area contributed by atoms with E-state index in [1.54, 1.807) is 19.2 Å². The van der Waals surface area contributed by atoms with Crippen LogP contribution in [0.1, 0.15) is 51.3 Å². The van der Waals surface area contributed by atoms with Crippen LogP contribution in [0.25, 0.3) is 11.0 Å². The van der Waals surface area contributed by atoms with Crippen molar-refractivity contribution in [1.82, 2.24) is 14.5 Å². The Balaban J connectivity index is 2.28. The van der Waals surface area contributed by atoms with Crippen molar-refractivity contribution in [1.29, 1.82) is 0 Å². The van der Waals surface area contributed by atoms with E-state index in [4.69, 9.17) is 27.9 Å². The van der Waals surface area contributed by atoms with Crippen LogP contribution < -0.4 is 0 Å². The van der Waals surface area contributed by atoms with E-state index in [1.807, 2.05) is 16.5 Å². The number of ether oxygens (including phenoxy) is 1. The number of carbonyl (C=O) groups is 2. The Kier molecular flexibility index (Phi) is 10.7. The van der Waals surface area contributed by atoms with Gasteiger partial charge in [0.15, 0.2) is 0 Å². The second-order valence-electron chi connectivity index (χ2n) is 8.05. The first-order valence-corrected chi connectivity index (χ1v) is 11.8. The molecule has 0 saturated carbocycles. The third kappa shape index (κ3) is 7.36. The molecule has 0 spiro atoms. The van der Waals surface area contributed by atoms with Crippen LogP contribution in [-0.2, 0) is 27.8 Å². The van der Waals surface area contributed by atoms with Gasteiger partial charge in [0, 0.05) is 52.6 Å². The van der Waals surface area contributed by atoms with Crippen molar-refractivity contribution in [3.05, 3.63) is 28.0 Å². The van der Waals surface area contributed by atoms with Gasteiger partial charge < -0.3 is 19.3 Å². The maximum atomic E-state index is 13.5. The van der Waals surface area contributed by atoms with E-state index < -0.39 is 11.9 Å². The summed E-state index contributed by atoms with van der Waals surface area (Å²) in [7, 11) is 3.51. The van der Waals surface area contributed by atoms with Gasteiger partial charge in [0.25, 0.3) is 0 Å². The lowest BCUT2D eigenvalue weighted by atomic mass is 9.96. The predicted molar refractivity (Wildman–Crippen MR) is 127 cm³/mol. The molecule has 32 heavy (non-hydrogen) atoms. The Morgan fingerprint density at radius 2 is 1.88 bits per heavy atom. The molecular weight excluding hydrogens is 453 g/mol. The second-order valence-corrected chi connectivity index (χ2v) is 8.87. The highest BCUT2D eigenvalue weighted by molar-refractivity contribution is 6.42. The smallest absolute Gasteiger partial charge is 0.303 e. The highest BCUT2D eigenvalue weighted by Gasteiger charge is 2.27. The normalized spacial score (nSPS) is 12.3. The number of fused-ring (bicyclic) bond motifs is 1. The van der Waals surface area contributed by atoms with Crippen molar-refractivity contribution in [2.24, 2.45) is 13.0 Å². The predicted octanol–water partition coefficient (Wildman–Crippen LogP) is 4.96. The summed E-state index contributed by atoms with van der Waals surface area (Å²) in [4.78, 5) is 31.3. The van der Waals surface area contributed by atoms with E-state index in [9.17, 15) is 14.7 Å². The maximum absolute atomic E-state index is 13.5. The van der Waals surface area contributed by atoms with Gasteiger partial charge in [0.2, 0.25) is 5.91 Å². The second kappa shape index (κ2) is 13.0. The molecule has 9 heteroatoms. The third-order valence-corrected chi connectivity index (χ3v) is 6.34. The number of benzene rings is 1. The first-order valence-electron chi connectivity index (χ1n) is 11.1. The van der Waals surface area contributed by atoms with Crippen LogP contribution in [0.15, 0.2) is 12.1 Å². The van der Waals surface area contributed by atoms with Gasteiger partial charge in [-0.1, -0.05) is 43.0 Å². The summed E-state index contributed by atoms with van der Waals surface area (Å²) >= 11 is 12.3. The molecule has 0 aliphatic heterocycles. The van der Waals surface area contributed by atoms with Gasteiger partial charge in [-0.2, -0.15) is 0 Å². The minimum absolute atomic E-state index is 0.0263. The van der Waals surface area contributed by atoms with Gasteiger partial charge in [-0.25, -0.2) is 4.98 Å². The summed E-state index contributed by atoms with van der Waals surface area (Å²) in [5.74, 6) is -0.714. The third-order valence-electron chi connectivity index (χ3n) is 5.62. The molecule has 1 amide bonds. The Hall–Kier alpha value is -1.83. The summed E-state index contributed by atoms with van der Waals surface area (Å²) in [6.07, 6.45) is 4.30. The van der Waals surface area contributed by atoms with Crippen LogP contribution in [0.3, 0.4) is 0 Å². The quantitative estimate of drug-likeness (QED) is 0.382. The summed E-state index contributed by atoms with van der Waals surface area (Å²) in [5, 5.41) is 10.1. The fourth-order valence-electron chi connectivity index (χ4n) is 3.79. The molecule has 0 saturated heterocycles. The number of hydrogen-bond acceptors (Lipinski definition) is 4. The Morgan fingerprint density at radius 1 is 1.19 bits per heavy atom. The van der Waals surface area contributed by atoms with Crippen molar-refractivity contribution in [3.8, 4) is 0 Å². The van der Waals surface area contributed by atoms with Gasteiger partial charge in [-0.15, -0.1) is 0 Å². The van der Waals surface area contributed by atoms with Gasteiger partial charge in [-0.3, -0.25) is 9.59 Å². The van der Waals surface area contributed by atoms with Crippen molar-refractivity contribution in [2.75, 3.05) is 26.8 Å². The topological polar surface area (TPSA) is 84.7 Å². The Labute approximate surface area is 199 Å². The standard InChI is InChI=1S/C23H33Cl2N3O4/c1-4-5-6-10-28(11-7-12-32-3)23(31)16(8-9-22(29)30)13-21-26-19-14-17(24)18(25)15-20(19)27(21)2/h14-16H,4-13H2,1-3H3,(H,29,30). The number of rotatable bonds is 14. The highest BCUT2D eigenvalue weighted by atomic mass is 35.5. The van der Waals surface area contributed by atoms with Crippen molar-refractivity contribution in [3.63, 3.8) is 0 Å². The van der Waals surface area contributed by atoms with Crippen molar-refractivity contribution < 1.29 is 19.4 Å². The number of carboxylic acids is 1. The molecule has 2 aromatic rings. The number of halogens is 2. The fourth-order valence-corrected chi connectivity index (χ4v) is 4.11. The van der Waals surface area contributed by atoms with Gasteiger partial charge in [0.1, 0.15) is 5.82 Å². The summed E-state index contributed by atoms with van der Waals surface area (Å²) in [6.45, 7) is 3.95. The number of carboxylic acid groups (broad SMARTS) is 1. The molecule has 1 atom stereocenters. The van der Waals surface area contributed by atoms with Crippen molar-refractivity contribution in [2.45, 2.75) is 51.9 Å². The lowest BCUT2D eigenvalue weighted by Crippen LogP contribution is -2.39. The number of carbonyl (C=O) groups excluding carboxylic acids is 1. The van der Waals surface area contributed by atoms with Crippen LogP contribution >= 0.6 is 23.2 Å². The summed E-state index contributed by atoms with van der Waals surface area (Å²) < 4.78 is 7.04. The van der Waals surface area contributed by atoms with E-state index in [0.717, 1.165) is 31.2 Å². The lowest BCUT2D eigenvalue weighted by molar-refractivity contribution is -0.139. The minimum atomic E-state index is -0.914. The molecule has 0 aliphatic rings. The Bertz CT molecular complexity index is 906. The van der Waals surface area contributed by atoms with E-state index >= 15 is 0 Å². The molecule has 0 bridgehead atoms. The Morgan fingerprint density at radius 3 is 2.53 bits per heavy atom. The van der Waals surface area contributed by atoms with E-state index in [1.165, 1.54) is 0 Å². The molecule has 178 valence electrons. The first-order chi connectivity index (χ1) is 15.3. The van der Waals surface area contributed by atoms with Crippen LogP contribution in [0.2, 0.25) is 10.0 Å². The summed E-state index contributed by atoms with van der Waals surface area (Å²) in [5.41, 5.74) is 1.51. The largest absolute Gasteiger partial charge is 0.481 e. The number of aryl methyl sites for hydroxylation is 1. The molecule has 1 heterocycles. The van der Waals surface area contributed by atoms with Gasteiger partial charge in [-0.05, 0) is 31.4 Å². The number of imidazole rings is 1. The van der Waals surface area contributed by atoms with Gasteiger partial charge in [0.05, 0.1) is 21.1 Å². The van der Waals surface area contributed by atoms with Gasteiger partial charge >= 0.3 is 5.97 Å². The molecule has 2 rings (SSSR count). The van der Waals surface area contributed by atoms with Crippen LogP contribution in [0, 0.1) is 5.92 Å². The van der Waals surface area contributed by atoms with E-state index in [0.29, 0.717) is 47.5 Å². The molecule has 1 unspecified atom stereocenters. The van der Waals surface area contributed by atoms with Crippen molar-refractivity contribution >= 4 is 46.1 Å². The zero-order chi connectivity index (χ0) is 23.7. The number of methoxy groups -OCH3 is 1. The first kappa shape index (κ1) is 26.4. The van der Waals surface area contributed by atoms with Crippen LogP contribution in [0.4, 0.5) is 0 Å². The molecule has 0 aliphatic carbocycles. The number of nitrogens with zero attached hydrogens (tertiary/aromatic N) is 3.